The summed E-state index contributed by atoms with van der Waals surface area (Å²) in [6.45, 7) is 0.484. The highest BCUT2D eigenvalue weighted by atomic mass is 32.2. The van der Waals surface area contributed by atoms with Gasteiger partial charge >= 0.3 is 6.03 Å². The SMILES string of the molecule is Cn1ccnc1SC[C@@H]1C[C@H](c2ccc(CO)cc2)O[C@H](c2ccc(-c3ccccc3CNC(=O)NC34CC5CC(CC(C5)C3)C4)cc2)O1. The number of rotatable bonds is 10. The zero-order valence-electron chi connectivity index (χ0n) is 28.1. The summed E-state index contributed by atoms with van der Waals surface area (Å²) in [7, 11) is 2.00. The Morgan fingerprint density at radius 1 is 0.918 bits per heavy atom. The molecule has 1 saturated heterocycles. The molecular weight excluding hydrogens is 633 g/mol. The summed E-state index contributed by atoms with van der Waals surface area (Å²) in [5.74, 6) is 3.13. The van der Waals surface area contributed by atoms with Gasteiger partial charge in [-0.1, -0.05) is 84.6 Å². The van der Waals surface area contributed by atoms with Crippen molar-refractivity contribution in [3.63, 3.8) is 0 Å². The third kappa shape index (κ3) is 7.17. The van der Waals surface area contributed by atoms with E-state index in [0.29, 0.717) is 6.54 Å². The number of carbonyl (C=O) groups excluding carboxylic acids is 1. The molecule has 4 bridgehead atoms. The molecule has 49 heavy (non-hydrogen) atoms. The second-order valence-electron chi connectivity index (χ2n) is 14.8. The fraction of sp³-hybridized carbons (Fsp3) is 0.450. The second kappa shape index (κ2) is 13.9. The molecule has 5 aliphatic rings. The molecule has 4 aliphatic carbocycles. The third-order valence-electron chi connectivity index (χ3n) is 11.2. The summed E-state index contributed by atoms with van der Waals surface area (Å²) in [4.78, 5) is 17.7. The maximum Gasteiger partial charge on any atom is 0.315 e. The number of hydrogen-bond acceptors (Lipinski definition) is 6. The minimum Gasteiger partial charge on any atom is -0.392 e. The van der Waals surface area contributed by atoms with E-state index in [2.05, 4.69) is 52.0 Å². The number of ether oxygens (including phenoxy) is 2. The number of aliphatic hydroxyl groups is 1. The van der Waals surface area contributed by atoms with E-state index in [1.54, 1.807) is 11.8 Å². The fourth-order valence-electron chi connectivity index (χ4n) is 9.18. The van der Waals surface area contributed by atoms with Gasteiger partial charge in [-0.2, -0.15) is 0 Å². The second-order valence-corrected chi connectivity index (χ2v) is 15.8. The third-order valence-corrected chi connectivity index (χ3v) is 12.3. The number of benzene rings is 3. The van der Waals surface area contributed by atoms with Crippen LogP contribution in [0.3, 0.4) is 0 Å². The van der Waals surface area contributed by atoms with E-state index in [4.69, 9.17) is 9.47 Å². The highest BCUT2D eigenvalue weighted by Gasteiger charge is 2.51. The van der Waals surface area contributed by atoms with Crippen molar-refractivity contribution >= 4 is 17.8 Å². The molecule has 1 aliphatic heterocycles. The zero-order valence-corrected chi connectivity index (χ0v) is 28.9. The van der Waals surface area contributed by atoms with Gasteiger partial charge in [0, 0.05) is 49.3 Å². The molecule has 9 heteroatoms. The van der Waals surface area contributed by atoms with Gasteiger partial charge in [0.15, 0.2) is 11.4 Å². The number of amides is 2. The van der Waals surface area contributed by atoms with Gasteiger partial charge in [0.2, 0.25) is 0 Å². The summed E-state index contributed by atoms with van der Waals surface area (Å²) >= 11 is 1.69. The number of nitrogens with zero attached hydrogens (tertiary/aromatic N) is 2. The Balaban J connectivity index is 0.949. The molecule has 2 heterocycles. The molecule has 2 amide bonds. The van der Waals surface area contributed by atoms with E-state index in [1.165, 1.54) is 19.3 Å². The molecule has 3 aromatic carbocycles. The first-order valence-electron chi connectivity index (χ1n) is 17.8. The predicted molar refractivity (Wildman–Crippen MR) is 191 cm³/mol. The predicted octanol–water partition coefficient (Wildman–Crippen LogP) is 7.69. The number of urea groups is 1. The number of carbonyl (C=O) groups is 1. The number of hydrogen-bond donors (Lipinski definition) is 3. The van der Waals surface area contributed by atoms with Crippen molar-refractivity contribution in [3.8, 4) is 11.1 Å². The van der Waals surface area contributed by atoms with E-state index < -0.39 is 6.29 Å². The van der Waals surface area contributed by atoms with Crippen LogP contribution in [0.5, 0.6) is 0 Å². The largest absolute Gasteiger partial charge is 0.392 e. The van der Waals surface area contributed by atoms with Gasteiger partial charge in [-0.25, -0.2) is 9.78 Å². The minimum atomic E-state index is -0.525. The summed E-state index contributed by atoms with van der Waals surface area (Å²) < 4.78 is 15.2. The summed E-state index contributed by atoms with van der Waals surface area (Å²) in [5.41, 5.74) is 6.16. The average molecular weight is 679 g/mol. The summed E-state index contributed by atoms with van der Waals surface area (Å²) in [6.07, 6.45) is 11.3. The van der Waals surface area contributed by atoms with Gasteiger partial charge in [-0.05, 0) is 84.1 Å². The Labute approximate surface area is 293 Å². The number of nitrogens with one attached hydrogen (secondary N) is 2. The van der Waals surface area contributed by atoms with Crippen LogP contribution < -0.4 is 10.6 Å². The Kier molecular flexibility index (Phi) is 9.27. The van der Waals surface area contributed by atoms with Crippen LogP contribution in [0.15, 0.2) is 90.3 Å². The lowest BCUT2D eigenvalue weighted by atomic mass is 9.53. The maximum atomic E-state index is 13.2. The number of aryl methyl sites for hydroxylation is 1. The molecule has 0 unspecified atom stereocenters. The van der Waals surface area contributed by atoms with E-state index in [-0.39, 0.29) is 30.4 Å². The number of aliphatic hydroxyl groups excluding tert-OH is 1. The standard InChI is InChI=1S/C40H46N4O4S/c1-44-15-14-41-39(44)49-25-34-19-36(31-8-6-26(24-45)7-9-31)48-37(47-34)32-12-10-30(11-13-32)35-5-3-2-4-33(35)23-42-38(46)43-40-20-27-16-28(21-40)18-29(17-27)22-40/h2-15,27-29,34,36-37,45H,16-25H2,1H3,(H2,42,43,46)/t27?,28?,29?,34-,36+,37+,40?/m0/s1. The van der Waals surface area contributed by atoms with Crippen LogP contribution in [0.2, 0.25) is 0 Å². The van der Waals surface area contributed by atoms with Crippen LogP contribution in [0, 0.1) is 17.8 Å². The summed E-state index contributed by atoms with van der Waals surface area (Å²) in [6, 6.07) is 24.6. The monoisotopic (exact) mass is 678 g/mol. The lowest BCUT2D eigenvalue weighted by Gasteiger charge is -2.56. The van der Waals surface area contributed by atoms with Gasteiger partial charge in [-0.15, -0.1) is 0 Å². The van der Waals surface area contributed by atoms with Crippen molar-refractivity contribution in [2.75, 3.05) is 5.75 Å². The lowest BCUT2D eigenvalue weighted by molar-refractivity contribution is -0.245. The van der Waals surface area contributed by atoms with Gasteiger partial charge in [0.05, 0.1) is 18.8 Å². The highest BCUT2D eigenvalue weighted by molar-refractivity contribution is 7.99. The number of thioether (sulfide) groups is 1. The van der Waals surface area contributed by atoms with E-state index in [9.17, 15) is 9.90 Å². The quantitative estimate of drug-likeness (QED) is 0.149. The van der Waals surface area contributed by atoms with Gasteiger partial charge in [0.1, 0.15) is 0 Å². The van der Waals surface area contributed by atoms with Crippen molar-refractivity contribution in [2.24, 2.45) is 24.8 Å². The molecule has 0 radical (unpaired) electrons. The topological polar surface area (TPSA) is 97.6 Å². The van der Waals surface area contributed by atoms with Crippen molar-refractivity contribution in [1.82, 2.24) is 20.2 Å². The van der Waals surface area contributed by atoms with Crippen molar-refractivity contribution in [3.05, 3.63) is 107 Å². The van der Waals surface area contributed by atoms with E-state index >= 15 is 0 Å². The number of aromatic nitrogens is 2. The molecule has 256 valence electrons. The summed E-state index contributed by atoms with van der Waals surface area (Å²) in [5, 5.41) is 17.1. The zero-order chi connectivity index (χ0) is 33.4. The molecular formula is C40H46N4O4S. The first-order valence-corrected chi connectivity index (χ1v) is 18.8. The van der Waals surface area contributed by atoms with Gasteiger partial charge < -0.3 is 29.8 Å². The molecule has 3 N–H and O–H groups in total. The van der Waals surface area contributed by atoms with Gasteiger partial charge in [0.25, 0.3) is 0 Å². The Morgan fingerprint density at radius 2 is 1.61 bits per heavy atom. The van der Waals surface area contributed by atoms with Crippen LogP contribution in [0.4, 0.5) is 4.79 Å². The molecule has 9 rings (SSSR count). The van der Waals surface area contributed by atoms with Crippen LogP contribution in [-0.4, -0.2) is 38.1 Å². The van der Waals surface area contributed by atoms with Crippen LogP contribution >= 0.6 is 11.8 Å². The van der Waals surface area contributed by atoms with E-state index in [1.807, 2.05) is 60.4 Å². The van der Waals surface area contributed by atoms with Crippen molar-refractivity contribution < 1.29 is 19.4 Å². The Bertz CT molecular complexity index is 1720. The molecule has 5 fully saturated rings. The molecule has 3 atom stereocenters. The lowest BCUT2D eigenvalue weighted by Crippen LogP contribution is -2.61. The Hall–Kier alpha value is -3.63. The first-order chi connectivity index (χ1) is 23.9. The first kappa shape index (κ1) is 32.6. The maximum absolute atomic E-state index is 13.2. The highest BCUT2D eigenvalue weighted by Crippen LogP contribution is 2.55. The normalized spacial score (nSPS) is 28.8. The molecule has 1 aromatic heterocycles. The van der Waals surface area contributed by atoms with Crippen LogP contribution in [0.25, 0.3) is 11.1 Å². The van der Waals surface area contributed by atoms with Crippen molar-refractivity contribution in [2.45, 2.75) is 87.3 Å². The van der Waals surface area contributed by atoms with E-state index in [0.717, 1.165) is 87.7 Å². The number of imidazole rings is 1. The van der Waals surface area contributed by atoms with Gasteiger partial charge in [-0.3, -0.25) is 0 Å². The van der Waals surface area contributed by atoms with Crippen LogP contribution in [-0.2, 0) is 29.7 Å². The molecule has 4 aromatic rings. The smallest absolute Gasteiger partial charge is 0.315 e. The fourth-order valence-corrected chi connectivity index (χ4v) is 10.1. The van der Waals surface area contributed by atoms with Crippen LogP contribution in [0.1, 0.15) is 79.6 Å². The minimum absolute atomic E-state index is 0.00470. The molecule has 0 spiro atoms. The average Bonchev–Trinajstić information content (AvgIpc) is 3.53. The Morgan fingerprint density at radius 3 is 2.29 bits per heavy atom. The molecule has 4 saturated carbocycles. The molecule has 8 nitrogen and oxygen atoms in total. The van der Waals surface area contributed by atoms with Crippen molar-refractivity contribution in [1.29, 1.82) is 0 Å².